The van der Waals surface area contributed by atoms with Gasteiger partial charge in [0.2, 0.25) is 0 Å². The van der Waals surface area contributed by atoms with E-state index in [0.29, 0.717) is 5.56 Å². The summed E-state index contributed by atoms with van der Waals surface area (Å²) < 4.78 is 0. The number of hydrogen-bond donors (Lipinski definition) is 0. The normalized spacial score (nSPS) is 10.4. The standard InChI is InChI=1S/C12H11NO/c1-8-3-9(2)11-5-10(7-14)6-13-12(11)4-8/h3-7H,1-2H3. The molecule has 0 aliphatic heterocycles. The minimum Gasteiger partial charge on any atom is -0.298 e. The smallest absolute Gasteiger partial charge is 0.151 e. The lowest BCUT2D eigenvalue weighted by molar-refractivity contribution is 0.112. The van der Waals surface area contributed by atoms with E-state index in [9.17, 15) is 4.79 Å². The van der Waals surface area contributed by atoms with Crippen molar-refractivity contribution in [3.8, 4) is 0 Å². The molecule has 1 aromatic carbocycles. The average Bonchev–Trinajstić information content (AvgIpc) is 2.17. The molecule has 0 amide bonds. The van der Waals surface area contributed by atoms with Gasteiger partial charge >= 0.3 is 0 Å². The largest absolute Gasteiger partial charge is 0.298 e. The Morgan fingerprint density at radius 1 is 1.21 bits per heavy atom. The number of nitrogens with zero attached hydrogens (tertiary/aromatic N) is 1. The molecular weight excluding hydrogens is 174 g/mol. The van der Waals surface area contributed by atoms with Gasteiger partial charge in [0.15, 0.2) is 6.29 Å². The highest BCUT2D eigenvalue weighted by Crippen LogP contribution is 2.19. The molecule has 0 fully saturated rings. The molecule has 14 heavy (non-hydrogen) atoms. The molecule has 0 radical (unpaired) electrons. The van der Waals surface area contributed by atoms with Crippen molar-refractivity contribution < 1.29 is 4.79 Å². The van der Waals surface area contributed by atoms with Crippen LogP contribution in [0.15, 0.2) is 24.4 Å². The van der Waals surface area contributed by atoms with Crippen molar-refractivity contribution >= 4 is 17.2 Å². The zero-order valence-electron chi connectivity index (χ0n) is 8.24. The molecule has 0 spiro atoms. The molecule has 0 N–H and O–H groups in total. The van der Waals surface area contributed by atoms with Gasteiger partial charge in [0, 0.05) is 17.1 Å². The van der Waals surface area contributed by atoms with E-state index in [1.807, 2.05) is 26.0 Å². The molecule has 1 aromatic heterocycles. The molecule has 1 heterocycles. The summed E-state index contributed by atoms with van der Waals surface area (Å²) in [6, 6.07) is 6.00. The van der Waals surface area contributed by atoms with Gasteiger partial charge in [-0.3, -0.25) is 9.78 Å². The fourth-order valence-electron chi connectivity index (χ4n) is 1.66. The van der Waals surface area contributed by atoms with Crippen LogP contribution in [0.4, 0.5) is 0 Å². The Morgan fingerprint density at radius 3 is 2.71 bits per heavy atom. The van der Waals surface area contributed by atoms with Crippen LogP contribution in [0.2, 0.25) is 0 Å². The molecule has 0 aliphatic carbocycles. The van der Waals surface area contributed by atoms with Crippen molar-refractivity contribution in [3.05, 3.63) is 41.1 Å². The van der Waals surface area contributed by atoms with Crippen molar-refractivity contribution in [2.24, 2.45) is 0 Å². The van der Waals surface area contributed by atoms with E-state index in [0.717, 1.165) is 22.8 Å². The van der Waals surface area contributed by atoms with E-state index in [1.54, 1.807) is 6.20 Å². The third-order valence-electron chi connectivity index (χ3n) is 2.31. The Kier molecular flexibility index (Phi) is 2.04. The van der Waals surface area contributed by atoms with Gasteiger partial charge in [-0.15, -0.1) is 0 Å². The zero-order chi connectivity index (χ0) is 10.1. The van der Waals surface area contributed by atoms with Gasteiger partial charge in [-0.2, -0.15) is 0 Å². The quantitative estimate of drug-likeness (QED) is 0.639. The van der Waals surface area contributed by atoms with Gasteiger partial charge in [0.05, 0.1) is 5.52 Å². The van der Waals surface area contributed by atoms with Crippen LogP contribution in [0.1, 0.15) is 21.5 Å². The summed E-state index contributed by atoms with van der Waals surface area (Å²) in [7, 11) is 0. The van der Waals surface area contributed by atoms with Gasteiger partial charge < -0.3 is 0 Å². The molecule has 2 heteroatoms. The maximum absolute atomic E-state index is 10.6. The fourth-order valence-corrected chi connectivity index (χ4v) is 1.66. The first-order chi connectivity index (χ1) is 6.70. The number of carbonyl (C=O) groups is 1. The Bertz CT molecular complexity index is 503. The minimum absolute atomic E-state index is 0.629. The number of aryl methyl sites for hydroxylation is 2. The van der Waals surface area contributed by atoms with E-state index >= 15 is 0 Å². The monoisotopic (exact) mass is 185 g/mol. The van der Waals surface area contributed by atoms with Crippen LogP contribution in [0.25, 0.3) is 10.9 Å². The topological polar surface area (TPSA) is 30.0 Å². The van der Waals surface area contributed by atoms with Crippen LogP contribution < -0.4 is 0 Å². The van der Waals surface area contributed by atoms with E-state index in [4.69, 9.17) is 0 Å². The van der Waals surface area contributed by atoms with Crippen molar-refractivity contribution in [3.63, 3.8) is 0 Å². The molecule has 0 unspecified atom stereocenters. The van der Waals surface area contributed by atoms with E-state index in [1.165, 1.54) is 5.56 Å². The maximum atomic E-state index is 10.6. The second kappa shape index (κ2) is 3.22. The highest BCUT2D eigenvalue weighted by molar-refractivity contribution is 5.88. The van der Waals surface area contributed by atoms with Crippen LogP contribution in [-0.2, 0) is 0 Å². The van der Waals surface area contributed by atoms with E-state index in [2.05, 4.69) is 11.1 Å². The predicted octanol–water partition coefficient (Wildman–Crippen LogP) is 2.66. The minimum atomic E-state index is 0.629. The van der Waals surface area contributed by atoms with Gasteiger partial charge in [0.1, 0.15) is 0 Å². The van der Waals surface area contributed by atoms with Gasteiger partial charge in [-0.1, -0.05) is 6.07 Å². The highest BCUT2D eigenvalue weighted by atomic mass is 16.1. The number of rotatable bonds is 1. The SMILES string of the molecule is Cc1cc(C)c2cc(C=O)cnc2c1. The van der Waals surface area contributed by atoms with Crippen LogP contribution in [0.3, 0.4) is 0 Å². The third kappa shape index (κ3) is 1.39. The van der Waals surface area contributed by atoms with Gasteiger partial charge in [0.25, 0.3) is 0 Å². The van der Waals surface area contributed by atoms with Crippen molar-refractivity contribution in [1.29, 1.82) is 0 Å². The van der Waals surface area contributed by atoms with Crippen molar-refractivity contribution in [1.82, 2.24) is 4.98 Å². The highest BCUT2D eigenvalue weighted by Gasteiger charge is 2.01. The van der Waals surface area contributed by atoms with Crippen LogP contribution in [-0.4, -0.2) is 11.3 Å². The van der Waals surface area contributed by atoms with Crippen molar-refractivity contribution in [2.75, 3.05) is 0 Å². The number of carbonyl (C=O) groups excluding carboxylic acids is 1. The summed E-state index contributed by atoms with van der Waals surface area (Å²) in [6.07, 6.45) is 2.43. The molecular formula is C12H11NO. The first-order valence-corrected chi connectivity index (χ1v) is 4.53. The summed E-state index contributed by atoms with van der Waals surface area (Å²) >= 11 is 0. The van der Waals surface area contributed by atoms with Crippen LogP contribution in [0.5, 0.6) is 0 Å². The third-order valence-corrected chi connectivity index (χ3v) is 2.31. The first-order valence-electron chi connectivity index (χ1n) is 4.53. The lowest BCUT2D eigenvalue weighted by atomic mass is 10.1. The summed E-state index contributed by atoms with van der Waals surface area (Å²) in [5, 5.41) is 1.06. The molecule has 0 atom stereocenters. The Morgan fingerprint density at radius 2 is 2.00 bits per heavy atom. The number of pyridine rings is 1. The molecule has 70 valence electrons. The molecule has 0 saturated carbocycles. The summed E-state index contributed by atoms with van der Waals surface area (Å²) in [4.78, 5) is 14.8. The molecule has 0 bridgehead atoms. The van der Waals surface area contributed by atoms with Crippen molar-refractivity contribution in [2.45, 2.75) is 13.8 Å². The van der Waals surface area contributed by atoms with E-state index < -0.39 is 0 Å². The van der Waals surface area contributed by atoms with Crippen LogP contribution >= 0.6 is 0 Å². The zero-order valence-corrected chi connectivity index (χ0v) is 8.24. The fraction of sp³-hybridized carbons (Fsp3) is 0.167. The molecule has 2 aromatic rings. The second-order valence-corrected chi connectivity index (χ2v) is 3.54. The molecule has 0 saturated heterocycles. The number of aldehydes is 1. The van der Waals surface area contributed by atoms with Gasteiger partial charge in [-0.05, 0) is 37.1 Å². The molecule has 2 nitrogen and oxygen atoms in total. The number of aromatic nitrogens is 1. The number of hydrogen-bond acceptors (Lipinski definition) is 2. The van der Waals surface area contributed by atoms with Gasteiger partial charge in [-0.25, -0.2) is 0 Å². The lowest BCUT2D eigenvalue weighted by Gasteiger charge is -2.03. The predicted molar refractivity (Wildman–Crippen MR) is 56.6 cm³/mol. The number of fused-ring (bicyclic) bond motifs is 1. The Hall–Kier alpha value is -1.70. The number of benzene rings is 1. The van der Waals surface area contributed by atoms with Crippen LogP contribution in [0, 0.1) is 13.8 Å². The van der Waals surface area contributed by atoms with E-state index in [-0.39, 0.29) is 0 Å². The average molecular weight is 185 g/mol. The lowest BCUT2D eigenvalue weighted by Crippen LogP contribution is -1.88. The Labute approximate surface area is 82.6 Å². The summed E-state index contributed by atoms with van der Waals surface area (Å²) in [5.41, 5.74) is 3.94. The maximum Gasteiger partial charge on any atom is 0.151 e. The molecule has 2 rings (SSSR count). The first kappa shape index (κ1) is 8.88. The summed E-state index contributed by atoms with van der Waals surface area (Å²) in [6.45, 7) is 4.08. The Balaban J connectivity index is 2.81. The second-order valence-electron chi connectivity index (χ2n) is 3.54. The summed E-state index contributed by atoms with van der Waals surface area (Å²) in [5.74, 6) is 0. The molecule has 0 aliphatic rings.